The Morgan fingerprint density at radius 1 is 0.769 bits per heavy atom. The van der Waals surface area contributed by atoms with Crippen LogP contribution in [0.15, 0.2) is 72.8 Å². The van der Waals surface area contributed by atoms with Crippen molar-refractivity contribution in [2.24, 2.45) is 0 Å². The predicted octanol–water partition coefficient (Wildman–Crippen LogP) is 6.66. The Labute approximate surface area is 160 Å². The summed E-state index contributed by atoms with van der Waals surface area (Å²) in [5, 5.41) is 4.67. The Balaban J connectivity index is 1.78. The Bertz CT molecular complexity index is 1060. The molecule has 0 heterocycles. The molecule has 0 saturated heterocycles. The Morgan fingerprint density at radius 2 is 1.31 bits per heavy atom. The SMILES string of the molecule is O=C(OCc1c(Cl)cccc1Cl)c1c2ccccc2cc2ccccc12. The van der Waals surface area contributed by atoms with Crippen molar-refractivity contribution in [2.45, 2.75) is 6.61 Å². The van der Waals surface area contributed by atoms with Gasteiger partial charge in [-0.1, -0.05) is 77.8 Å². The second-order valence-corrected chi connectivity index (χ2v) is 6.78. The molecule has 4 heteroatoms. The molecule has 0 aliphatic rings. The maximum Gasteiger partial charge on any atom is 0.339 e. The van der Waals surface area contributed by atoms with Gasteiger partial charge in [0.1, 0.15) is 6.61 Å². The second-order valence-electron chi connectivity index (χ2n) is 5.97. The number of carbonyl (C=O) groups excluding carboxylic acids is 1. The zero-order chi connectivity index (χ0) is 18.1. The maximum atomic E-state index is 13.0. The smallest absolute Gasteiger partial charge is 0.339 e. The first kappa shape index (κ1) is 16.9. The first-order valence-electron chi connectivity index (χ1n) is 8.15. The summed E-state index contributed by atoms with van der Waals surface area (Å²) >= 11 is 12.3. The molecule has 2 nitrogen and oxygen atoms in total. The fourth-order valence-corrected chi connectivity index (χ4v) is 3.62. The third-order valence-electron chi connectivity index (χ3n) is 4.38. The summed E-state index contributed by atoms with van der Waals surface area (Å²) < 4.78 is 5.58. The summed E-state index contributed by atoms with van der Waals surface area (Å²) in [6, 6.07) is 22.9. The quantitative estimate of drug-likeness (QED) is 0.293. The zero-order valence-corrected chi connectivity index (χ0v) is 15.2. The lowest BCUT2D eigenvalue weighted by molar-refractivity contribution is 0.0477. The van der Waals surface area contributed by atoms with Crippen LogP contribution in [0.2, 0.25) is 10.0 Å². The summed E-state index contributed by atoms with van der Waals surface area (Å²) in [4.78, 5) is 13.0. The van der Waals surface area contributed by atoms with Crippen molar-refractivity contribution in [2.75, 3.05) is 0 Å². The Kier molecular flexibility index (Phi) is 4.54. The topological polar surface area (TPSA) is 26.3 Å². The van der Waals surface area contributed by atoms with Crippen molar-refractivity contribution in [3.05, 3.63) is 94.0 Å². The van der Waals surface area contributed by atoms with Gasteiger partial charge in [0.2, 0.25) is 0 Å². The molecule has 0 saturated carbocycles. The van der Waals surface area contributed by atoms with Crippen LogP contribution in [0.1, 0.15) is 15.9 Å². The van der Waals surface area contributed by atoms with E-state index in [1.165, 1.54) is 0 Å². The van der Waals surface area contributed by atoms with E-state index in [1.54, 1.807) is 18.2 Å². The van der Waals surface area contributed by atoms with Crippen LogP contribution < -0.4 is 0 Å². The molecule has 0 aliphatic heterocycles. The summed E-state index contributed by atoms with van der Waals surface area (Å²) in [7, 11) is 0. The van der Waals surface area contributed by atoms with Crippen LogP contribution in [0.25, 0.3) is 21.5 Å². The number of hydrogen-bond donors (Lipinski definition) is 0. The molecule has 0 N–H and O–H groups in total. The van der Waals surface area contributed by atoms with Crippen LogP contribution in [-0.2, 0) is 11.3 Å². The van der Waals surface area contributed by atoms with Crippen molar-refractivity contribution in [3.8, 4) is 0 Å². The zero-order valence-electron chi connectivity index (χ0n) is 13.7. The number of esters is 1. The van der Waals surface area contributed by atoms with Gasteiger partial charge in [-0.3, -0.25) is 0 Å². The van der Waals surface area contributed by atoms with Crippen molar-refractivity contribution in [1.29, 1.82) is 0 Å². The maximum absolute atomic E-state index is 13.0. The number of halogens is 2. The first-order valence-corrected chi connectivity index (χ1v) is 8.91. The highest BCUT2D eigenvalue weighted by atomic mass is 35.5. The lowest BCUT2D eigenvalue weighted by Crippen LogP contribution is -2.07. The van der Waals surface area contributed by atoms with Crippen LogP contribution >= 0.6 is 23.2 Å². The largest absolute Gasteiger partial charge is 0.457 e. The van der Waals surface area contributed by atoms with Crippen molar-refractivity contribution in [3.63, 3.8) is 0 Å². The highest BCUT2D eigenvalue weighted by Gasteiger charge is 2.17. The second kappa shape index (κ2) is 6.99. The molecule has 0 unspecified atom stereocenters. The number of ether oxygens (including phenoxy) is 1. The lowest BCUT2D eigenvalue weighted by Gasteiger charge is -2.12. The monoisotopic (exact) mass is 380 g/mol. The average Bonchev–Trinajstić information content (AvgIpc) is 2.65. The normalized spacial score (nSPS) is 11.0. The molecule has 0 atom stereocenters. The summed E-state index contributed by atoms with van der Waals surface area (Å²) in [6.07, 6.45) is 0. The van der Waals surface area contributed by atoms with Gasteiger partial charge in [0.25, 0.3) is 0 Å². The van der Waals surface area contributed by atoms with Gasteiger partial charge in [0.15, 0.2) is 0 Å². The lowest BCUT2D eigenvalue weighted by atomic mass is 9.97. The number of hydrogen-bond acceptors (Lipinski definition) is 2. The highest BCUT2D eigenvalue weighted by molar-refractivity contribution is 6.36. The van der Waals surface area contributed by atoms with Gasteiger partial charge in [-0.05, 0) is 39.7 Å². The molecule has 4 aromatic rings. The molecule has 0 aliphatic carbocycles. The summed E-state index contributed by atoms with van der Waals surface area (Å²) in [5.74, 6) is -0.394. The third kappa shape index (κ3) is 3.03. The first-order chi connectivity index (χ1) is 12.6. The van der Waals surface area contributed by atoms with Crippen molar-refractivity contribution in [1.82, 2.24) is 0 Å². The Hall–Kier alpha value is -2.55. The van der Waals surface area contributed by atoms with E-state index in [0.717, 1.165) is 21.5 Å². The number of benzene rings is 4. The van der Waals surface area contributed by atoms with Crippen LogP contribution in [0.3, 0.4) is 0 Å². The number of fused-ring (bicyclic) bond motifs is 2. The van der Waals surface area contributed by atoms with E-state index in [0.29, 0.717) is 21.2 Å². The fourth-order valence-electron chi connectivity index (χ4n) is 3.11. The standard InChI is InChI=1S/C22H14Cl2O2/c23-19-10-5-11-20(24)18(19)13-26-22(25)21-16-8-3-1-6-14(16)12-15-7-2-4-9-17(15)21/h1-12H,13H2. The average molecular weight is 381 g/mol. The van der Waals surface area contributed by atoms with E-state index in [4.69, 9.17) is 27.9 Å². The summed E-state index contributed by atoms with van der Waals surface area (Å²) in [5.41, 5.74) is 1.16. The van der Waals surface area contributed by atoms with Crippen LogP contribution in [0.5, 0.6) is 0 Å². The van der Waals surface area contributed by atoms with E-state index in [2.05, 4.69) is 6.07 Å². The van der Waals surface area contributed by atoms with Gasteiger partial charge in [-0.25, -0.2) is 4.79 Å². The van der Waals surface area contributed by atoms with E-state index >= 15 is 0 Å². The molecular formula is C22H14Cl2O2. The predicted molar refractivity (Wildman–Crippen MR) is 107 cm³/mol. The van der Waals surface area contributed by atoms with Gasteiger partial charge in [0.05, 0.1) is 5.56 Å². The molecule has 0 fully saturated rings. The molecule has 0 bridgehead atoms. The molecule has 4 rings (SSSR count). The summed E-state index contributed by atoms with van der Waals surface area (Å²) in [6.45, 7) is 0.0227. The molecule has 0 amide bonds. The van der Waals surface area contributed by atoms with Crippen LogP contribution in [0, 0.1) is 0 Å². The Morgan fingerprint density at radius 3 is 1.88 bits per heavy atom. The van der Waals surface area contributed by atoms with E-state index < -0.39 is 5.97 Å². The molecule has 0 radical (unpaired) electrons. The molecule has 26 heavy (non-hydrogen) atoms. The van der Waals surface area contributed by atoms with Gasteiger partial charge in [0, 0.05) is 15.6 Å². The van der Waals surface area contributed by atoms with Crippen LogP contribution in [-0.4, -0.2) is 5.97 Å². The van der Waals surface area contributed by atoms with E-state index in [-0.39, 0.29) is 6.61 Å². The molecule has 0 spiro atoms. The molecule has 128 valence electrons. The van der Waals surface area contributed by atoms with Gasteiger partial charge in [-0.2, -0.15) is 0 Å². The fraction of sp³-hybridized carbons (Fsp3) is 0.0455. The molecular weight excluding hydrogens is 367 g/mol. The number of carbonyl (C=O) groups is 1. The highest BCUT2D eigenvalue weighted by Crippen LogP contribution is 2.30. The van der Waals surface area contributed by atoms with Gasteiger partial charge in [-0.15, -0.1) is 0 Å². The third-order valence-corrected chi connectivity index (χ3v) is 5.09. The van der Waals surface area contributed by atoms with Crippen molar-refractivity contribution < 1.29 is 9.53 Å². The number of rotatable bonds is 3. The molecule has 4 aromatic carbocycles. The minimum absolute atomic E-state index is 0.0227. The van der Waals surface area contributed by atoms with Gasteiger partial charge < -0.3 is 4.74 Å². The van der Waals surface area contributed by atoms with Crippen molar-refractivity contribution >= 4 is 50.7 Å². The van der Waals surface area contributed by atoms with Gasteiger partial charge >= 0.3 is 5.97 Å². The minimum atomic E-state index is -0.394. The van der Waals surface area contributed by atoms with E-state index in [1.807, 2.05) is 48.5 Å². The minimum Gasteiger partial charge on any atom is -0.457 e. The van der Waals surface area contributed by atoms with E-state index in [9.17, 15) is 4.79 Å². The molecule has 0 aromatic heterocycles. The van der Waals surface area contributed by atoms with Crippen LogP contribution in [0.4, 0.5) is 0 Å².